The molecule has 1 atom stereocenters. The van der Waals surface area contributed by atoms with Crippen LogP contribution in [0.1, 0.15) is 46.9 Å². The molecule has 2 N–H and O–H groups in total. The zero-order valence-corrected chi connectivity index (χ0v) is 19.3. The van der Waals surface area contributed by atoms with Gasteiger partial charge in [-0.15, -0.1) is 0 Å². The number of halogens is 3. The Balaban J connectivity index is 1.56. The number of carbonyl (C=O) groups is 2. The molecule has 10 heteroatoms. The second-order valence-corrected chi connectivity index (χ2v) is 8.84. The number of nitrogens with two attached hydrogens (primary N) is 1. The highest BCUT2D eigenvalue weighted by Gasteiger charge is 2.61. The maximum Gasteiger partial charge on any atom is 0.422 e. The Bertz CT molecular complexity index is 1390. The van der Waals surface area contributed by atoms with E-state index in [1.807, 2.05) is 18.2 Å². The monoisotopic (exact) mass is 493 g/mol. The van der Waals surface area contributed by atoms with Gasteiger partial charge in [0.05, 0.1) is 12.1 Å². The van der Waals surface area contributed by atoms with E-state index in [0.29, 0.717) is 16.8 Å². The summed E-state index contributed by atoms with van der Waals surface area (Å²) in [5.41, 5.74) is 5.54. The van der Waals surface area contributed by atoms with E-state index in [4.69, 9.17) is 5.73 Å². The lowest BCUT2D eigenvalue weighted by atomic mass is 9.96. The fourth-order valence-electron chi connectivity index (χ4n) is 4.40. The van der Waals surface area contributed by atoms with E-state index in [0.717, 1.165) is 31.0 Å². The number of benzene rings is 2. The summed E-state index contributed by atoms with van der Waals surface area (Å²) < 4.78 is 40.2. The van der Waals surface area contributed by atoms with Crippen LogP contribution >= 0.6 is 0 Å². The van der Waals surface area contributed by atoms with Gasteiger partial charge in [0, 0.05) is 17.3 Å². The summed E-state index contributed by atoms with van der Waals surface area (Å²) in [5, 5.41) is 0. The molecule has 1 aromatic heterocycles. The number of hydrogen-bond acceptors (Lipinski definition) is 5. The van der Waals surface area contributed by atoms with E-state index >= 15 is 0 Å². The Morgan fingerprint density at radius 1 is 1.14 bits per heavy atom. The van der Waals surface area contributed by atoms with Gasteiger partial charge in [0.1, 0.15) is 11.5 Å². The first-order chi connectivity index (χ1) is 17.1. The van der Waals surface area contributed by atoms with Crippen molar-refractivity contribution in [1.82, 2.24) is 9.97 Å². The fraction of sp³-hybridized carbons (Fsp3) is 0.269. The molecule has 0 aliphatic carbocycles. The number of unbranched alkanes of at least 4 members (excludes halogenated alkanes) is 1. The third-order valence-corrected chi connectivity index (χ3v) is 6.40. The number of anilines is 2. The molecule has 2 aliphatic rings. The van der Waals surface area contributed by atoms with Crippen LogP contribution in [0.2, 0.25) is 0 Å². The van der Waals surface area contributed by atoms with Crippen molar-refractivity contribution in [3.05, 3.63) is 70.9 Å². The summed E-state index contributed by atoms with van der Waals surface area (Å²) >= 11 is 0. The molecule has 3 heterocycles. The lowest BCUT2D eigenvalue weighted by molar-refractivity contribution is -0.156. The standard InChI is InChI=1S/C26H22F3N5O2/c1-2-3-5-15-6-4-7-18(12-15)34-20(35)13-19-21(22(30)36)32-23(33-24(19)34)16-8-10-17(11-9-16)25(14-31-25)26(27,28)29/h4,6-12,14H,2-3,5,13H2,1H3,(H2,30,36). The van der Waals surface area contributed by atoms with Crippen LogP contribution in [0.4, 0.5) is 24.7 Å². The number of aromatic nitrogens is 2. The van der Waals surface area contributed by atoms with Gasteiger partial charge in [-0.2, -0.15) is 13.2 Å². The lowest BCUT2D eigenvalue weighted by Crippen LogP contribution is -2.31. The van der Waals surface area contributed by atoms with E-state index in [-0.39, 0.29) is 35.2 Å². The first kappa shape index (κ1) is 23.7. The summed E-state index contributed by atoms with van der Waals surface area (Å²) in [7, 11) is 0. The lowest BCUT2D eigenvalue weighted by Gasteiger charge is -2.19. The maximum atomic E-state index is 13.4. The predicted octanol–water partition coefficient (Wildman–Crippen LogP) is 4.65. The summed E-state index contributed by atoms with van der Waals surface area (Å²) in [6.45, 7) is 2.10. The highest BCUT2D eigenvalue weighted by atomic mass is 19.4. The number of nitrogens with zero attached hydrogens (tertiary/aromatic N) is 4. The van der Waals surface area contributed by atoms with Crippen molar-refractivity contribution in [3.63, 3.8) is 0 Å². The highest BCUT2D eigenvalue weighted by Crippen LogP contribution is 2.48. The molecule has 0 saturated carbocycles. The van der Waals surface area contributed by atoms with Gasteiger partial charge in [0.2, 0.25) is 11.4 Å². The van der Waals surface area contributed by atoms with Crippen molar-refractivity contribution in [2.24, 2.45) is 10.7 Å². The van der Waals surface area contributed by atoms with Crippen LogP contribution in [0, 0.1) is 0 Å². The van der Waals surface area contributed by atoms with Crippen LogP contribution in [0.15, 0.2) is 53.5 Å². The molecule has 36 heavy (non-hydrogen) atoms. The second kappa shape index (κ2) is 8.54. The molecule has 5 rings (SSSR count). The van der Waals surface area contributed by atoms with Crippen LogP contribution in [-0.2, 0) is 23.2 Å². The van der Waals surface area contributed by atoms with Gasteiger partial charge in [-0.1, -0.05) is 49.7 Å². The third kappa shape index (κ3) is 3.92. The molecule has 0 spiro atoms. The number of fused-ring (bicyclic) bond motifs is 1. The average molecular weight is 493 g/mol. The quantitative estimate of drug-likeness (QED) is 0.518. The zero-order valence-electron chi connectivity index (χ0n) is 19.3. The number of hydrogen-bond donors (Lipinski definition) is 1. The molecule has 184 valence electrons. The predicted molar refractivity (Wildman–Crippen MR) is 128 cm³/mol. The molecule has 0 bridgehead atoms. The van der Waals surface area contributed by atoms with Crippen molar-refractivity contribution in [2.45, 2.75) is 44.3 Å². The minimum Gasteiger partial charge on any atom is -0.364 e. The van der Waals surface area contributed by atoms with Crippen molar-refractivity contribution in [2.75, 3.05) is 4.90 Å². The van der Waals surface area contributed by atoms with Gasteiger partial charge in [-0.25, -0.2) is 9.97 Å². The molecule has 0 saturated heterocycles. The number of aliphatic imine (C=N–C) groups is 1. The number of rotatable bonds is 7. The molecular formula is C26H22F3N5O2. The summed E-state index contributed by atoms with van der Waals surface area (Å²) in [4.78, 5) is 39.0. The Labute approximate surface area is 204 Å². The number of primary amides is 1. The number of amides is 2. The molecule has 2 aromatic carbocycles. The summed E-state index contributed by atoms with van der Waals surface area (Å²) in [5.74, 6) is -0.776. The topological polar surface area (TPSA) is 102 Å². The minimum absolute atomic E-state index is 0.0317. The van der Waals surface area contributed by atoms with Gasteiger partial charge >= 0.3 is 6.18 Å². The Morgan fingerprint density at radius 3 is 2.47 bits per heavy atom. The van der Waals surface area contributed by atoms with Crippen LogP contribution in [-0.4, -0.2) is 34.2 Å². The smallest absolute Gasteiger partial charge is 0.364 e. The first-order valence-corrected chi connectivity index (χ1v) is 11.5. The van der Waals surface area contributed by atoms with E-state index in [1.165, 1.54) is 29.2 Å². The van der Waals surface area contributed by atoms with Crippen molar-refractivity contribution in [1.29, 1.82) is 0 Å². The SMILES string of the molecule is CCCCc1cccc(N2C(=O)Cc3c(C(N)=O)nc(-c4ccc(C5(C(F)(F)F)C=N5)cc4)nc32)c1. The van der Waals surface area contributed by atoms with E-state index in [1.54, 1.807) is 6.07 Å². The Kier molecular flexibility index (Phi) is 5.61. The molecule has 0 radical (unpaired) electrons. The number of aryl methyl sites for hydroxylation is 1. The van der Waals surface area contributed by atoms with Crippen molar-refractivity contribution in [3.8, 4) is 11.4 Å². The molecular weight excluding hydrogens is 471 g/mol. The van der Waals surface area contributed by atoms with Crippen LogP contribution < -0.4 is 10.6 Å². The largest absolute Gasteiger partial charge is 0.422 e. The van der Waals surface area contributed by atoms with Gasteiger partial charge in [-0.3, -0.25) is 19.5 Å². The molecule has 2 amide bonds. The number of carbonyl (C=O) groups excluding carboxylic acids is 2. The Morgan fingerprint density at radius 2 is 1.86 bits per heavy atom. The summed E-state index contributed by atoms with van der Waals surface area (Å²) in [6.07, 6.45) is -0.874. The van der Waals surface area contributed by atoms with Crippen molar-refractivity contribution >= 4 is 29.5 Å². The van der Waals surface area contributed by atoms with Crippen LogP contribution in [0.5, 0.6) is 0 Å². The van der Waals surface area contributed by atoms with E-state index in [2.05, 4.69) is 21.9 Å². The minimum atomic E-state index is -4.54. The fourth-order valence-corrected chi connectivity index (χ4v) is 4.40. The highest BCUT2D eigenvalue weighted by molar-refractivity contribution is 6.09. The molecule has 3 aromatic rings. The van der Waals surface area contributed by atoms with Gasteiger partial charge < -0.3 is 5.73 Å². The maximum absolute atomic E-state index is 13.4. The van der Waals surface area contributed by atoms with E-state index < -0.39 is 17.6 Å². The molecule has 1 unspecified atom stereocenters. The molecule has 0 fully saturated rings. The zero-order chi connectivity index (χ0) is 25.7. The molecule has 2 aliphatic heterocycles. The molecule has 7 nitrogen and oxygen atoms in total. The average Bonchev–Trinajstić information content (AvgIpc) is 3.60. The second-order valence-electron chi connectivity index (χ2n) is 8.84. The van der Waals surface area contributed by atoms with Gasteiger partial charge in [0.25, 0.3) is 5.91 Å². The van der Waals surface area contributed by atoms with Crippen molar-refractivity contribution < 1.29 is 22.8 Å². The summed E-state index contributed by atoms with van der Waals surface area (Å²) in [6, 6.07) is 13.0. The van der Waals surface area contributed by atoms with Gasteiger partial charge in [-0.05, 0) is 36.1 Å². The Hall–Kier alpha value is -4.08. The van der Waals surface area contributed by atoms with Gasteiger partial charge in [0.15, 0.2) is 5.82 Å². The first-order valence-electron chi connectivity index (χ1n) is 11.5. The number of alkyl halides is 3. The third-order valence-electron chi connectivity index (χ3n) is 6.40. The normalized spacial score (nSPS) is 18.4. The van der Waals surface area contributed by atoms with E-state index in [9.17, 15) is 22.8 Å². The van der Waals surface area contributed by atoms with Crippen LogP contribution in [0.25, 0.3) is 11.4 Å². The van der Waals surface area contributed by atoms with Crippen LogP contribution in [0.3, 0.4) is 0 Å².